The molecule has 0 fully saturated rings. The van der Waals surface area contributed by atoms with Gasteiger partial charge in [0, 0.05) is 16.8 Å². The maximum absolute atomic E-state index is 12.5. The van der Waals surface area contributed by atoms with Gasteiger partial charge < -0.3 is 0 Å². The first-order chi connectivity index (χ1) is 9.02. The monoisotopic (exact) mass is 294 g/mol. The van der Waals surface area contributed by atoms with Gasteiger partial charge in [-0.2, -0.15) is 0 Å². The number of allylic oxidation sites excluding steroid dienone is 1. The molecule has 0 saturated carbocycles. The van der Waals surface area contributed by atoms with Crippen molar-refractivity contribution in [3.8, 4) is 0 Å². The first-order valence-electron chi connectivity index (χ1n) is 6.00. The fourth-order valence-corrected chi connectivity index (χ4v) is 2.79. The van der Waals surface area contributed by atoms with Gasteiger partial charge >= 0.3 is 0 Å². The lowest BCUT2D eigenvalue weighted by Gasteiger charge is -2.12. The predicted octanol–water partition coefficient (Wildman–Crippen LogP) is 3.74. The highest BCUT2D eigenvalue weighted by atomic mass is 35.5. The van der Waals surface area contributed by atoms with Crippen LogP contribution in [0.4, 0.5) is 0 Å². The molecule has 1 heterocycles. The second-order valence-corrected chi connectivity index (χ2v) is 6.41. The largest absolute Gasteiger partial charge is 0.283 e. The lowest BCUT2D eigenvalue weighted by molar-refractivity contribution is 0.670. The summed E-state index contributed by atoms with van der Waals surface area (Å²) in [4.78, 5) is 17.0. The maximum atomic E-state index is 12.5. The molecular weight excluding hydrogens is 280 g/mol. The minimum Gasteiger partial charge on any atom is -0.283 e. The molecule has 1 aromatic heterocycles. The molecule has 0 aliphatic heterocycles. The molecule has 3 nitrogen and oxygen atoms in total. The van der Waals surface area contributed by atoms with Crippen molar-refractivity contribution in [2.24, 2.45) is 0 Å². The van der Waals surface area contributed by atoms with Gasteiger partial charge in [-0.1, -0.05) is 43.3 Å². The Morgan fingerprint density at radius 1 is 1.53 bits per heavy atom. The third kappa shape index (κ3) is 3.01. The summed E-state index contributed by atoms with van der Waals surface area (Å²) in [6.45, 7) is 8.28. The van der Waals surface area contributed by atoms with E-state index in [1.165, 1.54) is 0 Å². The van der Waals surface area contributed by atoms with Gasteiger partial charge in [0.15, 0.2) is 5.16 Å². The first kappa shape index (κ1) is 14.2. The summed E-state index contributed by atoms with van der Waals surface area (Å²) in [7, 11) is 0. The average Bonchev–Trinajstić information content (AvgIpc) is 2.33. The highest BCUT2D eigenvalue weighted by Gasteiger charge is 2.12. The van der Waals surface area contributed by atoms with Crippen LogP contribution in [0.25, 0.3) is 10.9 Å². The van der Waals surface area contributed by atoms with E-state index in [2.05, 4.69) is 25.4 Å². The van der Waals surface area contributed by atoms with Crippen LogP contribution in [0.1, 0.15) is 13.8 Å². The Morgan fingerprint density at radius 2 is 2.26 bits per heavy atom. The molecule has 0 aliphatic rings. The lowest BCUT2D eigenvalue weighted by atomic mass is 10.2. The molecule has 0 aliphatic carbocycles. The van der Waals surface area contributed by atoms with Crippen LogP contribution in [0, 0.1) is 0 Å². The van der Waals surface area contributed by atoms with E-state index >= 15 is 0 Å². The number of hydrogen-bond acceptors (Lipinski definition) is 3. The zero-order valence-electron chi connectivity index (χ0n) is 10.9. The molecule has 2 aromatic rings. The van der Waals surface area contributed by atoms with E-state index < -0.39 is 0 Å². The Labute approximate surface area is 121 Å². The minimum atomic E-state index is -0.0512. The third-order valence-electron chi connectivity index (χ3n) is 2.54. The summed E-state index contributed by atoms with van der Waals surface area (Å²) in [6, 6.07) is 5.15. The predicted molar refractivity (Wildman–Crippen MR) is 82.2 cm³/mol. The van der Waals surface area contributed by atoms with Gasteiger partial charge in [0.25, 0.3) is 5.56 Å². The topological polar surface area (TPSA) is 34.9 Å². The van der Waals surface area contributed by atoms with Gasteiger partial charge in [0.05, 0.1) is 10.9 Å². The van der Waals surface area contributed by atoms with Crippen LogP contribution in [0.2, 0.25) is 5.02 Å². The first-order valence-corrected chi connectivity index (χ1v) is 7.26. The van der Waals surface area contributed by atoms with E-state index in [4.69, 9.17) is 11.6 Å². The third-order valence-corrected chi connectivity index (χ3v) is 3.76. The molecule has 0 radical (unpaired) electrons. The van der Waals surface area contributed by atoms with Crippen LogP contribution >= 0.6 is 23.4 Å². The number of rotatable bonds is 4. The van der Waals surface area contributed by atoms with Crippen molar-refractivity contribution in [1.82, 2.24) is 9.55 Å². The molecule has 0 atom stereocenters. The van der Waals surface area contributed by atoms with Crippen molar-refractivity contribution in [3.05, 3.63) is 46.2 Å². The van der Waals surface area contributed by atoms with Crippen molar-refractivity contribution < 1.29 is 0 Å². The number of benzene rings is 1. The molecule has 0 N–H and O–H groups in total. The smallest absolute Gasteiger partial charge is 0.262 e. The van der Waals surface area contributed by atoms with Gasteiger partial charge in [0.1, 0.15) is 0 Å². The highest BCUT2D eigenvalue weighted by Crippen LogP contribution is 2.23. The molecule has 0 spiro atoms. The van der Waals surface area contributed by atoms with Crippen molar-refractivity contribution in [2.75, 3.05) is 0 Å². The Hall–Kier alpha value is -1.26. The van der Waals surface area contributed by atoms with Crippen LogP contribution in [-0.4, -0.2) is 14.8 Å². The van der Waals surface area contributed by atoms with Crippen LogP contribution in [0.5, 0.6) is 0 Å². The Morgan fingerprint density at radius 3 is 2.89 bits per heavy atom. The molecule has 0 amide bonds. The summed E-state index contributed by atoms with van der Waals surface area (Å²) >= 11 is 7.52. The quantitative estimate of drug-likeness (QED) is 0.489. The lowest BCUT2D eigenvalue weighted by Crippen LogP contribution is -2.23. The van der Waals surface area contributed by atoms with Crippen molar-refractivity contribution in [1.29, 1.82) is 0 Å². The van der Waals surface area contributed by atoms with Crippen molar-refractivity contribution in [3.63, 3.8) is 0 Å². The van der Waals surface area contributed by atoms with E-state index in [0.717, 1.165) is 0 Å². The molecule has 100 valence electrons. The number of halogens is 1. The Balaban J connectivity index is 2.73. The van der Waals surface area contributed by atoms with Crippen LogP contribution < -0.4 is 5.56 Å². The van der Waals surface area contributed by atoms with E-state index in [1.807, 2.05) is 0 Å². The summed E-state index contributed by atoms with van der Waals surface area (Å²) in [5.41, 5.74) is 0.589. The summed E-state index contributed by atoms with van der Waals surface area (Å²) in [6.07, 6.45) is 1.70. The van der Waals surface area contributed by atoms with Gasteiger partial charge in [-0.15, -0.1) is 6.58 Å². The molecule has 19 heavy (non-hydrogen) atoms. The van der Waals surface area contributed by atoms with E-state index in [9.17, 15) is 4.79 Å². The number of fused-ring (bicyclic) bond motifs is 1. The maximum Gasteiger partial charge on any atom is 0.262 e. The number of thioether (sulfide) groups is 1. The molecule has 2 rings (SSSR count). The zero-order valence-corrected chi connectivity index (χ0v) is 12.5. The summed E-state index contributed by atoms with van der Waals surface area (Å²) in [5.74, 6) is 0. The molecule has 0 unspecified atom stereocenters. The number of hydrogen-bond donors (Lipinski definition) is 0. The minimum absolute atomic E-state index is 0.0512. The fraction of sp³-hybridized carbons (Fsp3) is 0.286. The SMILES string of the molecule is C=CCn1c(SC(C)C)nc2cc(Cl)ccc2c1=O. The van der Waals surface area contributed by atoms with Crippen LogP contribution in [-0.2, 0) is 6.54 Å². The van der Waals surface area contributed by atoms with Crippen LogP contribution in [0.3, 0.4) is 0 Å². The Kier molecular flexibility index (Phi) is 4.32. The van der Waals surface area contributed by atoms with Crippen molar-refractivity contribution >= 4 is 34.3 Å². The van der Waals surface area contributed by atoms with Gasteiger partial charge in [-0.25, -0.2) is 4.98 Å². The number of aromatic nitrogens is 2. The molecule has 5 heteroatoms. The molecule has 0 saturated heterocycles. The highest BCUT2D eigenvalue weighted by molar-refractivity contribution is 7.99. The molecule has 0 bridgehead atoms. The summed E-state index contributed by atoms with van der Waals surface area (Å²) < 4.78 is 1.65. The second-order valence-electron chi connectivity index (χ2n) is 4.43. The summed E-state index contributed by atoms with van der Waals surface area (Å²) in [5, 5.41) is 2.22. The Bertz CT molecular complexity index is 679. The van der Waals surface area contributed by atoms with Gasteiger partial charge in [-0.3, -0.25) is 9.36 Å². The normalized spacial score (nSPS) is 11.2. The van der Waals surface area contributed by atoms with E-state index in [1.54, 1.807) is 40.6 Å². The standard InChI is InChI=1S/C14H15ClN2OS/c1-4-7-17-13(18)11-6-5-10(15)8-12(11)16-14(17)19-9(2)3/h4-6,8-9H,1,7H2,2-3H3. The molecular formula is C14H15ClN2OS. The van der Waals surface area contributed by atoms with E-state index in [-0.39, 0.29) is 5.56 Å². The second kappa shape index (κ2) is 5.80. The van der Waals surface area contributed by atoms with Gasteiger partial charge in [0.2, 0.25) is 0 Å². The fourth-order valence-electron chi connectivity index (χ4n) is 1.76. The molecule has 1 aromatic carbocycles. The van der Waals surface area contributed by atoms with Crippen LogP contribution in [0.15, 0.2) is 40.8 Å². The zero-order chi connectivity index (χ0) is 14.0. The van der Waals surface area contributed by atoms with E-state index in [0.29, 0.717) is 32.9 Å². The average molecular weight is 295 g/mol. The van der Waals surface area contributed by atoms with Gasteiger partial charge in [-0.05, 0) is 18.2 Å². The number of nitrogens with zero attached hydrogens (tertiary/aromatic N) is 2. The van der Waals surface area contributed by atoms with Crippen molar-refractivity contribution in [2.45, 2.75) is 30.8 Å².